The molecule has 116 valence electrons. The highest BCUT2D eigenvalue weighted by Gasteiger charge is 2.16. The number of fused-ring (bicyclic) bond motifs is 1. The van der Waals surface area contributed by atoms with E-state index in [4.69, 9.17) is 9.47 Å². The average molecular weight is 354 g/mol. The summed E-state index contributed by atoms with van der Waals surface area (Å²) in [5.74, 6) is 1.63. The van der Waals surface area contributed by atoms with E-state index >= 15 is 0 Å². The van der Waals surface area contributed by atoms with E-state index in [9.17, 15) is 0 Å². The first-order valence-electron chi connectivity index (χ1n) is 7.42. The molecule has 1 aliphatic heterocycles. The molecule has 3 nitrogen and oxygen atoms in total. The molecule has 1 aromatic rings. The van der Waals surface area contributed by atoms with E-state index in [-0.39, 0.29) is 5.54 Å². The predicted molar refractivity (Wildman–Crippen MR) is 91.2 cm³/mol. The summed E-state index contributed by atoms with van der Waals surface area (Å²) in [4.78, 5) is 0. The summed E-state index contributed by atoms with van der Waals surface area (Å²) in [6.07, 6.45) is 3.25. The molecule has 1 N–H and O–H groups in total. The van der Waals surface area contributed by atoms with E-state index in [1.807, 2.05) is 6.07 Å². The minimum atomic E-state index is 0.127. The van der Waals surface area contributed by atoms with Crippen LogP contribution in [0.5, 0.6) is 11.5 Å². The zero-order valence-electron chi connectivity index (χ0n) is 13.3. The van der Waals surface area contributed by atoms with Crippen LogP contribution in [0.4, 0.5) is 0 Å². The van der Waals surface area contributed by atoms with E-state index in [2.05, 4.69) is 61.1 Å². The van der Waals surface area contributed by atoms with Crippen molar-refractivity contribution in [2.45, 2.75) is 39.7 Å². The minimum absolute atomic E-state index is 0.127. The first kappa shape index (κ1) is 16.4. The van der Waals surface area contributed by atoms with Crippen molar-refractivity contribution >= 4 is 22.0 Å². The quantitative estimate of drug-likeness (QED) is 0.869. The van der Waals surface area contributed by atoms with E-state index < -0.39 is 0 Å². The monoisotopic (exact) mass is 353 g/mol. The molecule has 0 spiro atoms. The maximum absolute atomic E-state index is 5.67. The first-order valence-corrected chi connectivity index (χ1v) is 8.22. The molecule has 1 aliphatic rings. The maximum atomic E-state index is 5.67. The number of ether oxygens (including phenoxy) is 2. The molecule has 0 aromatic heterocycles. The predicted octanol–water partition coefficient (Wildman–Crippen LogP) is 4.40. The van der Waals surface area contributed by atoms with Gasteiger partial charge in [0.25, 0.3) is 0 Å². The molecule has 0 saturated heterocycles. The molecule has 0 radical (unpaired) electrons. The second-order valence-electron chi connectivity index (χ2n) is 6.29. The topological polar surface area (TPSA) is 30.5 Å². The number of halogens is 1. The van der Waals surface area contributed by atoms with Gasteiger partial charge in [-0.15, -0.1) is 0 Å². The number of hydrogen-bond acceptors (Lipinski definition) is 3. The van der Waals surface area contributed by atoms with E-state index in [1.165, 1.54) is 5.57 Å². The van der Waals surface area contributed by atoms with Crippen molar-refractivity contribution < 1.29 is 9.47 Å². The van der Waals surface area contributed by atoms with Gasteiger partial charge in [-0.25, -0.2) is 0 Å². The highest BCUT2D eigenvalue weighted by molar-refractivity contribution is 9.10. The van der Waals surface area contributed by atoms with Crippen LogP contribution in [0.3, 0.4) is 0 Å². The van der Waals surface area contributed by atoms with Gasteiger partial charge in [0.05, 0.1) is 4.47 Å². The Morgan fingerprint density at radius 3 is 2.67 bits per heavy atom. The Balaban J connectivity index is 2.20. The van der Waals surface area contributed by atoms with Crippen LogP contribution in [0.15, 0.2) is 22.2 Å². The van der Waals surface area contributed by atoms with Crippen molar-refractivity contribution in [3.05, 3.63) is 27.7 Å². The molecular formula is C17H24BrNO2. The third-order valence-electron chi connectivity index (χ3n) is 3.29. The molecule has 0 atom stereocenters. The van der Waals surface area contributed by atoms with Crippen molar-refractivity contribution in [1.82, 2.24) is 5.32 Å². The second kappa shape index (κ2) is 6.84. The fourth-order valence-corrected chi connectivity index (χ4v) is 2.68. The summed E-state index contributed by atoms with van der Waals surface area (Å²) in [6.45, 7) is 10.8. The van der Waals surface area contributed by atoms with Gasteiger partial charge in [-0.3, -0.25) is 0 Å². The highest BCUT2D eigenvalue weighted by Crippen LogP contribution is 2.39. The molecule has 0 amide bonds. The molecule has 0 unspecified atom stereocenters. The largest absolute Gasteiger partial charge is 0.486 e. The van der Waals surface area contributed by atoms with Crippen molar-refractivity contribution in [1.29, 1.82) is 0 Å². The van der Waals surface area contributed by atoms with Crippen molar-refractivity contribution in [3.8, 4) is 11.5 Å². The normalized spacial score (nSPS) is 15.2. The number of hydrogen-bond donors (Lipinski definition) is 1. The van der Waals surface area contributed by atoms with Crippen molar-refractivity contribution in [2.24, 2.45) is 0 Å². The van der Waals surface area contributed by atoms with Gasteiger partial charge in [0.15, 0.2) is 11.5 Å². The zero-order chi connectivity index (χ0) is 15.5. The van der Waals surface area contributed by atoms with E-state index in [1.54, 1.807) is 0 Å². The molecule has 1 aromatic carbocycles. The number of nitrogens with one attached hydrogen (secondary N) is 1. The Labute approximate surface area is 135 Å². The molecule has 2 rings (SSSR count). The van der Waals surface area contributed by atoms with Crippen LogP contribution < -0.4 is 14.8 Å². The maximum Gasteiger partial charge on any atom is 0.175 e. The first-order chi connectivity index (χ1) is 9.89. The lowest BCUT2D eigenvalue weighted by Gasteiger charge is -2.22. The summed E-state index contributed by atoms with van der Waals surface area (Å²) in [7, 11) is 0. The third kappa shape index (κ3) is 4.75. The molecule has 0 aliphatic carbocycles. The highest BCUT2D eigenvalue weighted by atomic mass is 79.9. The molecular weight excluding hydrogens is 330 g/mol. The molecule has 0 fully saturated rings. The smallest absolute Gasteiger partial charge is 0.175 e. The fraction of sp³-hybridized carbons (Fsp3) is 0.529. The SMILES string of the molecule is CCC(=Cc1cc(Br)c2c(c1)OCCO2)CNC(C)(C)C. The molecule has 4 heteroatoms. The lowest BCUT2D eigenvalue weighted by molar-refractivity contribution is 0.170. The fourth-order valence-electron chi connectivity index (χ4n) is 2.11. The van der Waals surface area contributed by atoms with Crippen LogP contribution in [0.2, 0.25) is 0 Å². The van der Waals surface area contributed by atoms with Gasteiger partial charge in [-0.1, -0.05) is 18.6 Å². The summed E-state index contributed by atoms with van der Waals surface area (Å²) < 4.78 is 12.3. The van der Waals surface area contributed by atoms with E-state index in [0.29, 0.717) is 13.2 Å². The minimum Gasteiger partial charge on any atom is -0.486 e. The van der Waals surface area contributed by atoms with Gasteiger partial charge < -0.3 is 14.8 Å². The molecule has 0 saturated carbocycles. The van der Waals surface area contributed by atoms with Crippen LogP contribution in [-0.2, 0) is 0 Å². The van der Waals surface area contributed by atoms with Gasteiger partial charge in [0.1, 0.15) is 13.2 Å². The summed E-state index contributed by atoms with van der Waals surface area (Å²) in [5, 5.41) is 3.53. The third-order valence-corrected chi connectivity index (χ3v) is 3.88. The van der Waals surface area contributed by atoms with Crippen LogP contribution in [0.25, 0.3) is 6.08 Å². The number of rotatable bonds is 4. The Kier molecular flexibility index (Phi) is 5.33. The van der Waals surface area contributed by atoms with Crippen molar-refractivity contribution in [3.63, 3.8) is 0 Å². The Morgan fingerprint density at radius 2 is 2.00 bits per heavy atom. The zero-order valence-corrected chi connectivity index (χ0v) is 14.8. The van der Waals surface area contributed by atoms with Gasteiger partial charge in [0, 0.05) is 12.1 Å². The van der Waals surface area contributed by atoms with Crippen LogP contribution in [0, 0.1) is 0 Å². The second-order valence-corrected chi connectivity index (χ2v) is 7.14. The molecule has 1 heterocycles. The van der Waals surface area contributed by atoms with Gasteiger partial charge in [0.2, 0.25) is 0 Å². The average Bonchev–Trinajstić information content (AvgIpc) is 2.42. The molecule has 0 bridgehead atoms. The van der Waals surface area contributed by atoms with Crippen LogP contribution in [0.1, 0.15) is 39.7 Å². The summed E-state index contributed by atoms with van der Waals surface area (Å²) in [5.41, 5.74) is 2.63. The standard InChI is InChI=1S/C17H24BrNO2/c1-5-12(11-19-17(2,3)4)8-13-9-14(18)16-15(10-13)20-6-7-21-16/h8-10,19H,5-7,11H2,1-4H3. The summed E-state index contributed by atoms with van der Waals surface area (Å²) in [6, 6.07) is 4.13. The summed E-state index contributed by atoms with van der Waals surface area (Å²) >= 11 is 3.57. The van der Waals surface area contributed by atoms with Gasteiger partial charge >= 0.3 is 0 Å². The lowest BCUT2D eigenvalue weighted by atomic mass is 10.1. The van der Waals surface area contributed by atoms with E-state index in [0.717, 1.165) is 34.5 Å². The Hall–Kier alpha value is -1.00. The number of benzene rings is 1. The van der Waals surface area contributed by atoms with Gasteiger partial charge in [-0.05, 0) is 60.8 Å². The Bertz CT molecular complexity index is 532. The molecule has 21 heavy (non-hydrogen) atoms. The lowest BCUT2D eigenvalue weighted by Crippen LogP contribution is -2.36. The Morgan fingerprint density at radius 1 is 1.29 bits per heavy atom. The van der Waals surface area contributed by atoms with Crippen molar-refractivity contribution in [2.75, 3.05) is 19.8 Å². The van der Waals surface area contributed by atoms with Crippen LogP contribution >= 0.6 is 15.9 Å². The van der Waals surface area contributed by atoms with Crippen LogP contribution in [-0.4, -0.2) is 25.3 Å². The van der Waals surface area contributed by atoms with Gasteiger partial charge in [-0.2, -0.15) is 0 Å².